The standard InChI is InChI=1S/C12H15IN2O5/c1-6-5-15(12(18)14-11(6)17)10-3-8(19-7(2)16)9(4-13)20-10/h5,8-10H,3-4H2,1-2H3,(H,14,17,18)/t8-,9-,10?/m1/s1. The summed E-state index contributed by atoms with van der Waals surface area (Å²) in [6.07, 6.45) is 0.671. The number of halogens is 1. The smallest absolute Gasteiger partial charge is 0.330 e. The normalized spacial score (nSPS) is 25.6. The van der Waals surface area contributed by atoms with E-state index >= 15 is 0 Å². The van der Waals surface area contributed by atoms with Crippen LogP contribution in [0.1, 0.15) is 25.1 Å². The number of carbonyl (C=O) groups excluding carboxylic acids is 1. The highest BCUT2D eigenvalue weighted by Crippen LogP contribution is 2.30. The van der Waals surface area contributed by atoms with Crippen molar-refractivity contribution < 1.29 is 14.3 Å². The van der Waals surface area contributed by atoms with Crippen LogP contribution in [-0.4, -0.2) is 32.2 Å². The lowest BCUT2D eigenvalue weighted by Crippen LogP contribution is -2.33. The van der Waals surface area contributed by atoms with E-state index < -0.39 is 17.5 Å². The molecule has 20 heavy (non-hydrogen) atoms. The fourth-order valence-electron chi connectivity index (χ4n) is 2.15. The lowest BCUT2D eigenvalue weighted by Gasteiger charge is -2.15. The summed E-state index contributed by atoms with van der Waals surface area (Å²) in [6, 6.07) is 0. The lowest BCUT2D eigenvalue weighted by atomic mass is 10.2. The van der Waals surface area contributed by atoms with Gasteiger partial charge in [-0.25, -0.2) is 4.79 Å². The van der Waals surface area contributed by atoms with Crippen molar-refractivity contribution in [3.8, 4) is 0 Å². The first-order chi connectivity index (χ1) is 9.42. The molecule has 0 bridgehead atoms. The summed E-state index contributed by atoms with van der Waals surface area (Å²) < 4.78 is 12.9. The van der Waals surface area contributed by atoms with Crippen LogP contribution in [0.25, 0.3) is 0 Å². The Morgan fingerprint density at radius 1 is 1.60 bits per heavy atom. The van der Waals surface area contributed by atoms with Gasteiger partial charge in [-0.15, -0.1) is 0 Å². The second-order valence-corrected chi connectivity index (χ2v) is 5.53. The Balaban J connectivity index is 2.27. The highest BCUT2D eigenvalue weighted by atomic mass is 127. The second-order valence-electron chi connectivity index (χ2n) is 4.65. The minimum absolute atomic E-state index is 0.261. The maximum absolute atomic E-state index is 11.8. The van der Waals surface area contributed by atoms with E-state index in [0.717, 1.165) is 0 Å². The van der Waals surface area contributed by atoms with Gasteiger partial charge in [0.1, 0.15) is 18.4 Å². The molecule has 0 amide bonds. The van der Waals surface area contributed by atoms with E-state index in [0.29, 0.717) is 16.4 Å². The monoisotopic (exact) mass is 394 g/mol. The number of ether oxygens (including phenoxy) is 2. The summed E-state index contributed by atoms with van der Waals surface area (Å²) in [7, 11) is 0. The van der Waals surface area contributed by atoms with Gasteiger partial charge in [-0.05, 0) is 6.92 Å². The summed E-state index contributed by atoms with van der Waals surface area (Å²) in [5, 5.41) is 0. The quantitative estimate of drug-likeness (QED) is 0.458. The van der Waals surface area contributed by atoms with E-state index in [2.05, 4.69) is 27.6 Å². The van der Waals surface area contributed by atoms with Crippen molar-refractivity contribution >= 4 is 28.6 Å². The number of carbonyl (C=O) groups is 1. The van der Waals surface area contributed by atoms with Crippen LogP contribution >= 0.6 is 22.6 Å². The van der Waals surface area contributed by atoms with E-state index in [4.69, 9.17) is 9.47 Å². The predicted molar refractivity (Wildman–Crippen MR) is 79.0 cm³/mol. The molecule has 8 heteroatoms. The molecule has 7 nitrogen and oxygen atoms in total. The number of nitrogens with one attached hydrogen (secondary N) is 1. The zero-order valence-electron chi connectivity index (χ0n) is 11.1. The minimum atomic E-state index is -0.540. The molecular formula is C12H15IN2O5. The van der Waals surface area contributed by atoms with Gasteiger partial charge < -0.3 is 9.47 Å². The van der Waals surface area contributed by atoms with Gasteiger partial charge in [0.05, 0.1) is 0 Å². The Hall–Kier alpha value is -1.16. The molecule has 1 aliphatic rings. The van der Waals surface area contributed by atoms with Gasteiger partial charge in [0, 0.05) is 29.5 Å². The number of nitrogens with zero attached hydrogens (tertiary/aromatic N) is 1. The van der Waals surface area contributed by atoms with Crippen molar-refractivity contribution in [2.24, 2.45) is 0 Å². The molecule has 1 aromatic heterocycles. The number of esters is 1. The van der Waals surface area contributed by atoms with Gasteiger partial charge >= 0.3 is 11.7 Å². The third-order valence-corrected chi connectivity index (χ3v) is 3.97. The number of hydrogen-bond acceptors (Lipinski definition) is 5. The van der Waals surface area contributed by atoms with E-state index in [-0.39, 0.29) is 18.2 Å². The highest BCUT2D eigenvalue weighted by molar-refractivity contribution is 14.1. The first-order valence-electron chi connectivity index (χ1n) is 6.13. The van der Waals surface area contributed by atoms with Crippen LogP contribution in [0.3, 0.4) is 0 Å². The largest absolute Gasteiger partial charge is 0.460 e. The molecule has 0 spiro atoms. The maximum Gasteiger partial charge on any atom is 0.330 e. The molecule has 1 N–H and O–H groups in total. The molecule has 1 aromatic rings. The molecule has 0 saturated carbocycles. The number of H-pyrrole nitrogens is 1. The molecule has 1 unspecified atom stereocenters. The molecule has 0 aromatic carbocycles. The summed E-state index contributed by atoms with van der Waals surface area (Å²) in [4.78, 5) is 36.5. The van der Waals surface area contributed by atoms with Crippen molar-refractivity contribution in [3.63, 3.8) is 0 Å². The molecule has 0 aliphatic carbocycles. The predicted octanol–water partition coefficient (Wildman–Crippen LogP) is 0.499. The van der Waals surface area contributed by atoms with E-state index in [1.54, 1.807) is 6.92 Å². The van der Waals surface area contributed by atoms with Crippen LogP contribution in [0.15, 0.2) is 15.8 Å². The molecule has 0 radical (unpaired) electrons. The molecule has 3 atom stereocenters. The minimum Gasteiger partial charge on any atom is -0.460 e. The zero-order valence-corrected chi connectivity index (χ0v) is 13.2. The lowest BCUT2D eigenvalue weighted by molar-refractivity contribution is -0.148. The molecular weight excluding hydrogens is 379 g/mol. The van der Waals surface area contributed by atoms with Crippen LogP contribution in [0.2, 0.25) is 0 Å². The average Bonchev–Trinajstić information content (AvgIpc) is 2.75. The second kappa shape index (κ2) is 6.08. The summed E-state index contributed by atoms with van der Waals surface area (Å²) in [5.74, 6) is -0.376. The van der Waals surface area contributed by atoms with E-state index in [1.165, 1.54) is 17.7 Å². The van der Waals surface area contributed by atoms with Crippen LogP contribution < -0.4 is 11.2 Å². The summed E-state index contributed by atoms with van der Waals surface area (Å²) >= 11 is 2.14. The first-order valence-corrected chi connectivity index (χ1v) is 7.65. The third-order valence-electron chi connectivity index (χ3n) is 3.11. The zero-order chi connectivity index (χ0) is 14.9. The SMILES string of the molecule is CC(=O)O[C@@H]1CC(n2cc(C)c(=O)[nH]c2=O)O[C@@H]1CI. The van der Waals surface area contributed by atoms with Gasteiger partial charge in [-0.3, -0.25) is 19.1 Å². The van der Waals surface area contributed by atoms with Crippen LogP contribution in [-0.2, 0) is 14.3 Å². The first kappa shape index (κ1) is 15.2. The Morgan fingerprint density at radius 2 is 2.30 bits per heavy atom. The third kappa shape index (κ3) is 3.11. The van der Waals surface area contributed by atoms with Crippen LogP contribution in [0.5, 0.6) is 0 Å². The molecule has 110 valence electrons. The van der Waals surface area contributed by atoms with E-state index in [1.807, 2.05) is 0 Å². The number of aromatic amines is 1. The van der Waals surface area contributed by atoms with Crippen LogP contribution in [0, 0.1) is 6.92 Å². The fourth-order valence-corrected chi connectivity index (χ4v) is 2.92. The maximum atomic E-state index is 11.8. The summed E-state index contributed by atoms with van der Waals surface area (Å²) in [5.41, 5.74) is -0.511. The molecule has 1 saturated heterocycles. The van der Waals surface area contributed by atoms with E-state index in [9.17, 15) is 14.4 Å². The number of hydrogen-bond donors (Lipinski definition) is 1. The Kier molecular flexibility index (Phi) is 4.63. The number of alkyl halides is 1. The van der Waals surface area contributed by atoms with Crippen molar-refractivity contribution in [2.75, 3.05) is 4.43 Å². The fraction of sp³-hybridized carbons (Fsp3) is 0.583. The average molecular weight is 394 g/mol. The van der Waals surface area contributed by atoms with Gasteiger partial charge in [0.15, 0.2) is 0 Å². The van der Waals surface area contributed by atoms with Gasteiger partial charge in [0.25, 0.3) is 5.56 Å². The van der Waals surface area contributed by atoms with Gasteiger partial charge in [0.2, 0.25) is 0 Å². The van der Waals surface area contributed by atoms with Crippen molar-refractivity contribution in [3.05, 3.63) is 32.6 Å². The molecule has 1 aliphatic heterocycles. The van der Waals surface area contributed by atoms with Crippen molar-refractivity contribution in [1.82, 2.24) is 9.55 Å². The topological polar surface area (TPSA) is 90.4 Å². The van der Waals surface area contributed by atoms with Crippen molar-refractivity contribution in [1.29, 1.82) is 0 Å². The highest BCUT2D eigenvalue weighted by Gasteiger charge is 2.38. The number of rotatable bonds is 3. The van der Waals surface area contributed by atoms with Crippen molar-refractivity contribution in [2.45, 2.75) is 38.7 Å². The molecule has 2 rings (SSSR count). The Labute approximate surface area is 128 Å². The van der Waals surface area contributed by atoms with Gasteiger partial charge in [-0.2, -0.15) is 0 Å². The number of aryl methyl sites for hydroxylation is 1. The van der Waals surface area contributed by atoms with Crippen LogP contribution in [0.4, 0.5) is 0 Å². The molecule has 2 heterocycles. The molecule has 1 fully saturated rings. The van der Waals surface area contributed by atoms with Gasteiger partial charge in [-0.1, -0.05) is 22.6 Å². The summed E-state index contributed by atoms with van der Waals surface area (Å²) in [6.45, 7) is 2.96. The number of aromatic nitrogens is 2. The Morgan fingerprint density at radius 3 is 2.90 bits per heavy atom. The Bertz CT molecular complexity index is 623.